The quantitative estimate of drug-likeness (QED) is 0.626. The first-order chi connectivity index (χ1) is 12.8. The van der Waals surface area contributed by atoms with Crippen molar-refractivity contribution in [1.82, 2.24) is 0 Å². The zero-order chi connectivity index (χ0) is 19.4. The van der Waals surface area contributed by atoms with Gasteiger partial charge in [-0.3, -0.25) is 4.79 Å². The highest BCUT2D eigenvalue weighted by Crippen LogP contribution is 2.68. The van der Waals surface area contributed by atoms with E-state index in [1.54, 1.807) is 7.11 Å². The molecular weight excluding hydrogens is 404 g/mol. The Balaban J connectivity index is 1.55. The van der Waals surface area contributed by atoms with E-state index in [1.165, 1.54) is 32.1 Å². The molecule has 4 fully saturated rings. The van der Waals surface area contributed by atoms with Gasteiger partial charge < -0.3 is 9.84 Å². The van der Waals surface area contributed by atoms with Gasteiger partial charge in [0.15, 0.2) is 0 Å². The number of Topliss-reactive ketones (excluding diaryl/α,β-unsaturated/α-hetero) is 1. The summed E-state index contributed by atoms with van der Waals surface area (Å²) in [5.41, 5.74) is -0.0297. The van der Waals surface area contributed by atoms with Crippen LogP contribution in [0, 0.1) is 40.4 Å². The van der Waals surface area contributed by atoms with Crippen LogP contribution in [0.3, 0.4) is 0 Å². The molecule has 8 atom stereocenters. The lowest BCUT2D eigenvalue weighted by Crippen LogP contribution is -2.56. The van der Waals surface area contributed by atoms with E-state index in [0.717, 1.165) is 43.4 Å². The minimum atomic E-state index is -0.615. The predicted octanol–water partition coefficient (Wildman–Crippen LogP) is 4.99. The molecule has 0 aromatic carbocycles. The Morgan fingerprint density at radius 2 is 1.78 bits per heavy atom. The Hall–Kier alpha value is 0.0700. The fourth-order valence-corrected chi connectivity index (χ4v) is 8.74. The Labute approximate surface area is 173 Å². The van der Waals surface area contributed by atoms with E-state index in [9.17, 15) is 9.90 Å². The number of hydrogen-bond donors (Lipinski definition) is 1. The largest absolute Gasteiger partial charge is 0.387 e. The van der Waals surface area contributed by atoms with Gasteiger partial charge in [-0.05, 0) is 92.3 Å². The number of aliphatic hydroxyl groups is 1. The number of ether oxygens (including phenoxy) is 1. The highest BCUT2D eigenvalue weighted by atomic mass is 79.9. The monoisotopic (exact) mass is 440 g/mol. The van der Waals surface area contributed by atoms with Gasteiger partial charge in [0.05, 0.1) is 17.5 Å². The molecule has 0 aliphatic heterocycles. The van der Waals surface area contributed by atoms with Crippen LogP contribution in [0.4, 0.5) is 0 Å². The second kappa shape index (κ2) is 7.09. The van der Waals surface area contributed by atoms with Gasteiger partial charge in [0, 0.05) is 13.0 Å². The molecule has 0 saturated heterocycles. The number of ketones is 1. The lowest BCUT2D eigenvalue weighted by atomic mass is 9.44. The van der Waals surface area contributed by atoms with Crippen molar-refractivity contribution in [2.24, 2.45) is 40.4 Å². The van der Waals surface area contributed by atoms with Crippen molar-refractivity contribution in [2.45, 2.75) is 77.2 Å². The van der Waals surface area contributed by atoms with Crippen molar-refractivity contribution in [1.29, 1.82) is 0 Å². The van der Waals surface area contributed by atoms with Crippen LogP contribution in [0.5, 0.6) is 0 Å². The Bertz CT molecular complexity index is 594. The molecule has 1 N–H and O–H groups in total. The first-order valence-electron chi connectivity index (χ1n) is 11.1. The molecule has 0 aromatic heterocycles. The van der Waals surface area contributed by atoms with Gasteiger partial charge in [-0.25, -0.2) is 0 Å². The van der Waals surface area contributed by atoms with E-state index in [0.29, 0.717) is 29.1 Å². The number of carbonyl (C=O) groups is 1. The maximum atomic E-state index is 12.6. The molecule has 4 heteroatoms. The minimum Gasteiger partial charge on any atom is -0.387 e. The number of methoxy groups -OCH3 is 1. The van der Waals surface area contributed by atoms with Crippen LogP contribution in [-0.4, -0.2) is 35.5 Å². The molecule has 4 rings (SSSR count). The summed E-state index contributed by atoms with van der Waals surface area (Å²) in [7, 11) is 1.70. The average molecular weight is 441 g/mol. The summed E-state index contributed by atoms with van der Waals surface area (Å²) in [6.45, 7) is 5.43. The maximum absolute atomic E-state index is 12.6. The molecule has 27 heavy (non-hydrogen) atoms. The lowest BCUT2D eigenvalue weighted by Gasteiger charge is -2.62. The van der Waals surface area contributed by atoms with Crippen LogP contribution in [0.1, 0.15) is 71.6 Å². The van der Waals surface area contributed by atoms with E-state index in [1.807, 2.05) is 0 Å². The van der Waals surface area contributed by atoms with Crippen molar-refractivity contribution in [3.8, 4) is 0 Å². The third kappa shape index (κ3) is 3.08. The van der Waals surface area contributed by atoms with Gasteiger partial charge in [-0.15, -0.1) is 0 Å². The zero-order valence-electron chi connectivity index (χ0n) is 17.3. The van der Waals surface area contributed by atoms with Crippen LogP contribution in [0.15, 0.2) is 0 Å². The summed E-state index contributed by atoms with van der Waals surface area (Å²) in [6, 6.07) is 0. The SMILES string of the molecule is COC[C@@]1(O)CCC2(C)[C@@H](CCC3[C@@H]2CC[C@]2(C)C(C(=O)CBr)CC[C@@H]32)C1. The van der Waals surface area contributed by atoms with Crippen LogP contribution in [0.25, 0.3) is 0 Å². The first kappa shape index (κ1) is 20.3. The second-order valence-corrected chi connectivity index (χ2v) is 11.4. The van der Waals surface area contributed by atoms with Gasteiger partial charge in [0.1, 0.15) is 5.78 Å². The van der Waals surface area contributed by atoms with E-state index < -0.39 is 5.60 Å². The van der Waals surface area contributed by atoms with Crippen molar-refractivity contribution >= 4 is 21.7 Å². The van der Waals surface area contributed by atoms with Gasteiger partial charge in [0.2, 0.25) is 0 Å². The molecule has 0 heterocycles. The van der Waals surface area contributed by atoms with Crippen molar-refractivity contribution in [3.63, 3.8) is 0 Å². The third-order valence-corrected chi connectivity index (χ3v) is 10.3. The number of fused-ring (bicyclic) bond motifs is 5. The van der Waals surface area contributed by atoms with E-state index >= 15 is 0 Å². The van der Waals surface area contributed by atoms with Gasteiger partial charge >= 0.3 is 0 Å². The number of alkyl halides is 1. The Morgan fingerprint density at radius 3 is 2.48 bits per heavy atom. The average Bonchev–Trinajstić information content (AvgIpc) is 2.99. The van der Waals surface area contributed by atoms with Gasteiger partial charge in [0.25, 0.3) is 0 Å². The number of rotatable bonds is 4. The summed E-state index contributed by atoms with van der Waals surface area (Å²) in [5.74, 6) is 3.61. The number of hydrogen-bond acceptors (Lipinski definition) is 3. The first-order valence-corrected chi connectivity index (χ1v) is 12.2. The van der Waals surface area contributed by atoms with Crippen LogP contribution in [0.2, 0.25) is 0 Å². The minimum absolute atomic E-state index is 0.223. The number of halogens is 1. The van der Waals surface area contributed by atoms with Gasteiger partial charge in [-0.1, -0.05) is 29.8 Å². The summed E-state index contributed by atoms with van der Waals surface area (Å²) in [6.07, 6.45) is 10.3. The van der Waals surface area contributed by atoms with E-state index in [4.69, 9.17) is 4.74 Å². The van der Waals surface area contributed by atoms with Crippen molar-refractivity contribution < 1.29 is 14.6 Å². The van der Waals surface area contributed by atoms with Crippen LogP contribution >= 0.6 is 15.9 Å². The van der Waals surface area contributed by atoms with E-state index in [2.05, 4.69) is 29.8 Å². The van der Waals surface area contributed by atoms with Crippen molar-refractivity contribution in [3.05, 3.63) is 0 Å². The lowest BCUT2D eigenvalue weighted by molar-refractivity contribution is -0.163. The smallest absolute Gasteiger partial charge is 0.147 e. The van der Waals surface area contributed by atoms with E-state index in [-0.39, 0.29) is 11.3 Å². The molecule has 3 nitrogen and oxygen atoms in total. The molecule has 0 aromatic rings. The standard InChI is InChI=1S/C23H37BrO3/c1-21-10-11-23(26,14-27-3)12-15(21)4-5-16-17-6-7-19(20(25)13-24)22(17,2)9-8-18(16)21/h15-19,26H,4-14H2,1-3H3/t15-,16?,17-,18-,19?,21?,22-,23+/m0/s1. The molecule has 4 saturated carbocycles. The second-order valence-electron chi connectivity index (χ2n) is 10.8. The fraction of sp³-hybridized carbons (Fsp3) is 0.957. The third-order valence-electron chi connectivity index (χ3n) is 9.75. The molecule has 0 bridgehead atoms. The molecule has 4 aliphatic carbocycles. The highest BCUT2D eigenvalue weighted by molar-refractivity contribution is 9.09. The molecule has 0 radical (unpaired) electrons. The molecule has 154 valence electrons. The molecule has 0 spiro atoms. The van der Waals surface area contributed by atoms with Crippen LogP contribution < -0.4 is 0 Å². The predicted molar refractivity (Wildman–Crippen MR) is 111 cm³/mol. The Morgan fingerprint density at radius 1 is 1.04 bits per heavy atom. The topological polar surface area (TPSA) is 46.5 Å². The summed E-state index contributed by atoms with van der Waals surface area (Å²) in [5, 5.41) is 11.5. The molecule has 0 amide bonds. The normalized spacial score (nSPS) is 52.0. The summed E-state index contributed by atoms with van der Waals surface area (Å²) in [4.78, 5) is 12.6. The van der Waals surface area contributed by atoms with Gasteiger partial charge in [-0.2, -0.15) is 0 Å². The number of carbonyl (C=O) groups excluding carboxylic acids is 1. The highest BCUT2D eigenvalue weighted by Gasteiger charge is 2.61. The zero-order valence-corrected chi connectivity index (χ0v) is 18.9. The summed E-state index contributed by atoms with van der Waals surface area (Å²) < 4.78 is 5.33. The molecule has 3 unspecified atom stereocenters. The molecular formula is C23H37BrO3. The maximum Gasteiger partial charge on any atom is 0.147 e. The fourth-order valence-electron chi connectivity index (χ4n) is 8.34. The molecule has 4 aliphatic rings. The van der Waals surface area contributed by atoms with Crippen LogP contribution in [-0.2, 0) is 9.53 Å². The Kier molecular flexibility index (Phi) is 5.34. The van der Waals surface area contributed by atoms with Crippen molar-refractivity contribution in [2.75, 3.05) is 19.0 Å². The summed E-state index contributed by atoms with van der Waals surface area (Å²) >= 11 is 3.43.